The molecule has 0 atom stereocenters. The van der Waals surface area contributed by atoms with Gasteiger partial charge in [-0.3, -0.25) is 14.4 Å². The minimum absolute atomic E-state index is 0.157. The fourth-order valence-electron chi connectivity index (χ4n) is 3.13. The first-order valence-electron chi connectivity index (χ1n) is 10.5. The number of hydrogen-bond acceptors (Lipinski definition) is 5. The van der Waals surface area contributed by atoms with E-state index >= 15 is 0 Å². The minimum atomic E-state index is -1.16. The van der Waals surface area contributed by atoms with Crippen LogP contribution in [0.4, 0.5) is 5.69 Å². The Balaban J connectivity index is 1.77. The lowest BCUT2D eigenvalue weighted by atomic mass is 10.2. The van der Waals surface area contributed by atoms with Crippen LogP contribution in [0.2, 0.25) is 5.02 Å². The molecule has 0 aliphatic rings. The Kier molecular flexibility index (Phi) is 8.88. The molecule has 0 aliphatic heterocycles. The second-order valence-electron chi connectivity index (χ2n) is 7.32. The summed E-state index contributed by atoms with van der Waals surface area (Å²) in [7, 11) is 0. The van der Waals surface area contributed by atoms with Gasteiger partial charge in [-0.1, -0.05) is 54.1 Å². The van der Waals surface area contributed by atoms with Gasteiger partial charge in [0.25, 0.3) is 0 Å². The van der Waals surface area contributed by atoms with Crippen LogP contribution < -0.4 is 20.3 Å². The predicted octanol–water partition coefficient (Wildman–Crippen LogP) is 3.46. The SMILES string of the molecule is O=C(O)CNC(=O)CN(CC(=O)NCc1cccc(Cl)c1)c1ccccc1Oc1ccccc1. The molecule has 0 saturated heterocycles. The molecule has 0 spiro atoms. The molecule has 0 bridgehead atoms. The third kappa shape index (κ3) is 7.83. The van der Waals surface area contributed by atoms with Crippen molar-refractivity contribution in [2.75, 3.05) is 24.5 Å². The van der Waals surface area contributed by atoms with E-state index in [0.717, 1.165) is 5.56 Å². The van der Waals surface area contributed by atoms with E-state index in [0.29, 0.717) is 22.2 Å². The van der Waals surface area contributed by atoms with E-state index in [9.17, 15) is 14.4 Å². The molecule has 0 heterocycles. The number of nitrogens with zero attached hydrogens (tertiary/aromatic N) is 1. The van der Waals surface area contributed by atoms with Crippen LogP contribution in [-0.2, 0) is 20.9 Å². The van der Waals surface area contributed by atoms with Gasteiger partial charge in [-0.25, -0.2) is 0 Å². The first-order chi connectivity index (χ1) is 16.4. The maximum Gasteiger partial charge on any atom is 0.322 e. The molecule has 0 radical (unpaired) electrons. The highest BCUT2D eigenvalue weighted by Crippen LogP contribution is 2.32. The van der Waals surface area contributed by atoms with Gasteiger partial charge in [0.15, 0.2) is 5.75 Å². The van der Waals surface area contributed by atoms with E-state index in [1.165, 1.54) is 4.90 Å². The van der Waals surface area contributed by atoms with E-state index in [1.54, 1.807) is 54.6 Å². The smallest absolute Gasteiger partial charge is 0.322 e. The highest BCUT2D eigenvalue weighted by atomic mass is 35.5. The number of amides is 2. The highest BCUT2D eigenvalue weighted by molar-refractivity contribution is 6.30. The lowest BCUT2D eigenvalue weighted by Gasteiger charge is -2.25. The van der Waals surface area contributed by atoms with Gasteiger partial charge in [0.2, 0.25) is 11.8 Å². The Hall–Kier alpha value is -4.04. The zero-order chi connectivity index (χ0) is 24.3. The molecule has 3 aromatic rings. The summed E-state index contributed by atoms with van der Waals surface area (Å²) in [5.41, 5.74) is 1.34. The van der Waals surface area contributed by atoms with Gasteiger partial charge in [-0.05, 0) is 42.0 Å². The third-order valence-corrected chi connectivity index (χ3v) is 4.90. The normalized spacial score (nSPS) is 10.3. The second-order valence-corrected chi connectivity index (χ2v) is 7.75. The first kappa shape index (κ1) is 24.6. The molecule has 9 heteroatoms. The van der Waals surface area contributed by atoms with Crippen molar-refractivity contribution in [3.05, 3.63) is 89.4 Å². The zero-order valence-corrected chi connectivity index (χ0v) is 19.0. The van der Waals surface area contributed by atoms with Crippen LogP contribution in [-0.4, -0.2) is 42.5 Å². The van der Waals surface area contributed by atoms with Crippen molar-refractivity contribution in [3.63, 3.8) is 0 Å². The molecular weight excluding hydrogens is 458 g/mol. The number of nitrogens with one attached hydrogen (secondary N) is 2. The fraction of sp³-hybridized carbons (Fsp3) is 0.160. The van der Waals surface area contributed by atoms with Crippen molar-refractivity contribution in [2.45, 2.75) is 6.54 Å². The monoisotopic (exact) mass is 481 g/mol. The molecule has 3 N–H and O–H groups in total. The Morgan fingerprint density at radius 3 is 2.24 bits per heavy atom. The standard InChI is InChI=1S/C25H24ClN3O5/c26-19-8-6-7-18(13-19)14-27-23(30)16-29(17-24(31)28-15-25(32)33)21-11-4-5-12-22(21)34-20-9-2-1-3-10-20/h1-13H,14-17H2,(H,27,30)(H,28,31)(H,32,33). The Bertz CT molecular complexity index is 1140. The van der Waals surface area contributed by atoms with Gasteiger partial charge in [-0.15, -0.1) is 0 Å². The van der Waals surface area contributed by atoms with Gasteiger partial charge in [-0.2, -0.15) is 0 Å². The molecule has 0 unspecified atom stereocenters. The summed E-state index contributed by atoms with van der Waals surface area (Å²) < 4.78 is 5.98. The maximum atomic E-state index is 12.7. The number of hydrogen-bond donors (Lipinski definition) is 3. The summed E-state index contributed by atoms with van der Waals surface area (Å²) in [6, 6.07) is 23.2. The molecule has 2 amide bonds. The van der Waals surface area contributed by atoms with Crippen LogP contribution in [0.1, 0.15) is 5.56 Å². The van der Waals surface area contributed by atoms with Crippen LogP contribution in [0.15, 0.2) is 78.9 Å². The van der Waals surface area contributed by atoms with Crippen LogP contribution in [0, 0.1) is 0 Å². The minimum Gasteiger partial charge on any atom is -0.480 e. The van der Waals surface area contributed by atoms with Crippen LogP contribution in [0.3, 0.4) is 0 Å². The van der Waals surface area contributed by atoms with Crippen molar-refractivity contribution >= 4 is 35.1 Å². The van der Waals surface area contributed by atoms with Crippen molar-refractivity contribution in [3.8, 4) is 11.5 Å². The molecule has 3 rings (SSSR count). The topological polar surface area (TPSA) is 108 Å². The van der Waals surface area contributed by atoms with Gasteiger partial charge in [0, 0.05) is 11.6 Å². The number of para-hydroxylation sites is 3. The number of aliphatic carboxylic acids is 1. The zero-order valence-electron chi connectivity index (χ0n) is 18.2. The highest BCUT2D eigenvalue weighted by Gasteiger charge is 2.19. The quantitative estimate of drug-likeness (QED) is 0.387. The lowest BCUT2D eigenvalue weighted by molar-refractivity contribution is -0.137. The van der Waals surface area contributed by atoms with Gasteiger partial charge in [0.05, 0.1) is 18.8 Å². The van der Waals surface area contributed by atoms with E-state index in [1.807, 2.05) is 24.3 Å². The summed E-state index contributed by atoms with van der Waals surface area (Å²) in [6.07, 6.45) is 0. The summed E-state index contributed by atoms with van der Waals surface area (Å²) in [5.74, 6) is -0.995. The van der Waals surface area contributed by atoms with Crippen LogP contribution >= 0.6 is 11.6 Å². The van der Waals surface area contributed by atoms with Crippen molar-refractivity contribution < 1.29 is 24.2 Å². The molecule has 0 saturated carbocycles. The summed E-state index contributed by atoms with van der Waals surface area (Å²) in [6.45, 7) is -0.653. The van der Waals surface area contributed by atoms with E-state index in [-0.39, 0.29) is 25.5 Å². The van der Waals surface area contributed by atoms with Crippen molar-refractivity contribution in [1.82, 2.24) is 10.6 Å². The molecule has 176 valence electrons. The summed E-state index contributed by atoms with van der Waals surface area (Å²) in [4.78, 5) is 37.5. The largest absolute Gasteiger partial charge is 0.480 e. The number of anilines is 1. The van der Waals surface area contributed by atoms with E-state index < -0.39 is 18.4 Å². The number of ether oxygens (including phenoxy) is 1. The number of rotatable bonds is 11. The van der Waals surface area contributed by atoms with Gasteiger partial charge in [0.1, 0.15) is 12.3 Å². The van der Waals surface area contributed by atoms with E-state index in [4.69, 9.17) is 21.4 Å². The number of halogens is 1. The second kappa shape index (κ2) is 12.3. The maximum absolute atomic E-state index is 12.7. The van der Waals surface area contributed by atoms with E-state index in [2.05, 4.69) is 10.6 Å². The van der Waals surface area contributed by atoms with Crippen molar-refractivity contribution in [1.29, 1.82) is 0 Å². The molecule has 8 nitrogen and oxygen atoms in total. The lowest BCUT2D eigenvalue weighted by Crippen LogP contribution is -2.44. The number of carboxylic acids is 1. The molecule has 3 aromatic carbocycles. The number of carbonyl (C=O) groups excluding carboxylic acids is 2. The first-order valence-corrected chi connectivity index (χ1v) is 10.8. The number of benzene rings is 3. The molecular formula is C25H24ClN3O5. The van der Waals surface area contributed by atoms with Crippen LogP contribution in [0.25, 0.3) is 0 Å². The Morgan fingerprint density at radius 2 is 1.53 bits per heavy atom. The molecule has 0 fully saturated rings. The Morgan fingerprint density at radius 1 is 0.853 bits per heavy atom. The average molecular weight is 482 g/mol. The van der Waals surface area contributed by atoms with Gasteiger partial charge >= 0.3 is 5.97 Å². The predicted molar refractivity (Wildman–Crippen MR) is 129 cm³/mol. The van der Waals surface area contributed by atoms with Gasteiger partial charge < -0.3 is 25.4 Å². The summed E-state index contributed by atoms with van der Waals surface area (Å²) >= 11 is 6.00. The molecule has 34 heavy (non-hydrogen) atoms. The van der Waals surface area contributed by atoms with Crippen molar-refractivity contribution in [2.24, 2.45) is 0 Å². The number of carbonyl (C=O) groups is 3. The third-order valence-electron chi connectivity index (χ3n) is 4.66. The molecule has 0 aliphatic carbocycles. The molecule has 0 aromatic heterocycles. The summed E-state index contributed by atoms with van der Waals surface area (Å²) in [5, 5.41) is 14.5. The fourth-order valence-corrected chi connectivity index (χ4v) is 3.34. The number of carboxylic acid groups (broad SMARTS) is 1. The average Bonchev–Trinajstić information content (AvgIpc) is 2.82. The Labute approximate surface area is 202 Å². The van der Waals surface area contributed by atoms with Crippen LogP contribution in [0.5, 0.6) is 11.5 Å².